The van der Waals surface area contributed by atoms with Gasteiger partial charge in [0.25, 0.3) is 5.95 Å². The number of nitrogen functional groups attached to an aromatic ring is 1. The highest BCUT2D eigenvalue weighted by Gasteiger charge is 2.47. The van der Waals surface area contributed by atoms with Gasteiger partial charge in [-0.3, -0.25) is 9.59 Å². The molecular formula is C10H12N6O2. The quantitative estimate of drug-likeness (QED) is 0.710. The number of anilines is 1. The Labute approximate surface area is 102 Å². The summed E-state index contributed by atoms with van der Waals surface area (Å²) in [6.45, 7) is 0. The van der Waals surface area contributed by atoms with Crippen molar-refractivity contribution in [2.24, 2.45) is 16.9 Å². The highest BCUT2D eigenvalue weighted by molar-refractivity contribution is 6.70. The van der Waals surface area contributed by atoms with Gasteiger partial charge in [-0.1, -0.05) is 22.7 Å². The second-order valence-corrected chi connectivity index (χ2v) is 4.60. The lowest BCUT2D eigenvalue weighted by molar-refractivity contribution is -0.120. The predicted octanol–water partition coefficient (Wildman–Crippen LogP) is -0.582. The van der Waals surface area contributed by atoms with Crippen molar-refractivity contribution in [3.05, 3.63) is 0 Å². The number of rotatable bonds is 1. The SMILES string of the molecule is Nc1nnnn1N=C1C(=O)C2CCCCC2C1=O. The molecular weight excluding hydrogens is 236 g/mol. The van der Waals surface area contributed by atoms with Gasteiger partial charge in [-0.25, -0.2) is 0 Å². The van der Waals surface area contributed by atoms with Crippen LogP contribution in [0, 0.1) is 11.8 Å². The number of hydrogen-bond donors (Lipinski definition) is 1. The molecule has 2 N–H and O–H groups in total. The summed E-state index contributed by atoms with van der Waals surface area (Å²) in [4.78, 5) is 25.1. The lowest BCUT2D eigenvalue weighted by Crippen LogP contribution is -2.21. The molecule has 2 aliphatic carbocycles. The van der Waals surface area contributed by atoms with Crippen molar-refractivity contribution >= 4 is 23.2 Å². The molecule has 0 radical (unpaired) electrons. The standard InChI is InChI=1S/C10H12N6O2/c11-10-12-14-15-16(10)13-7-8(17)5-3-1-2-4-6(5)9(7)18/h5-6H,1-4H2,(H2,11,12,15). The molecule has 8 nitrogen and oxygen atoms in total. The molecule has 0 saturated heterocycles. The molecule has 3 rings (SSSR count). The normalized spacial score (nSPS) is 27.4. The van der Waals surface area contributed by atoms with Crippen LogP contribution in [0.15, 0.2) is 5.10 Å². The third-order valence-corrected chi connectivity index (χ3v) is 3.58. The Morgan fingerprint density at radius 1 is 1.17 bits per heavy atom. The molecule has 0 bridgehead atoms. The fraction of sp³-hybridized carbons (Fsp3) is 0.600. The molecule has 8 heteroatoms. The Morgan fingerprint density at radius 2 is 1.78 bits per heavy atom. The van der Waals surface area contributed by atoms with Crippen LogP contribution >= 0.6 is 0 Å². The van der Waals surface area contributed by atoms with Crippen molar-refractivity contribution in [2.75, 3.05) is 5.73 Å². The third kappa shape index (κ3) is 1.52. The fourth-order valence-corrected chi connectivity index (χ4v) is 2.69. The molecule has 2 saturated carbocycles. The van der Waals surface area contributed by atoms with E-state index in [2.05, 4.69) is 20.6 Å². The molecule has 2 atom stereocenters. The number of Topliss-reactive ketones (excluding diaryl/α,β-unsaturated/α-hetero) is 2. The van der Waals surface area contributed by atoms with E-state index in [0.29, 0.717) is 0 Å². The van der Waals surface area contributed by atoms with E-state index in [1.165, 1.54) is 0 Å². The van der Waals surface area contributed by atoms with Gasteiger partial charge in [0.15, 0.2) is 17.3 Å². The molecule has 0 spiro atoms. The van der Waals surface area contributed by atoms with Gasteiger partial charge < -0.3 is 5.73 Å². The van der Waals surface area contributed by atoms with Gasteiger partial charge >= 0.3 is 0 Å². The number of carbonyl (C=O) groups is 2. The predicted molar refractivity (Wildman–Crippen MR) is 60.5 cm³/mol. The van der Waals surface area contributed by atoms with Crippen LogP contribution in [-0.4, -0.2) is 37.6 Å². The molecule has 1 heterocycles. The van der Waals surface area contributed by atoms with Gasteiger partial charge in [0, 0.05) is 11.8 Å². The Balaban J connectivity index is 1.98. The van der Waals surface area contributed by atoms with Crippen LogP contribution in [0.1, 0.15) is 25.7 Å². The summed E-state index contributed by atoms with van der Waals surface area (Å²) in [6, 6.07) is 0. The average molecular weight is 248 g/mol. The van der Waals surface area contributed by atoms with E-state index in [9.17, 15) is 9.59 Å². The number of aromatic nitrogens is 4. The molecule has 2 aliphatic rings. The van der Waals surface area contributed by atoms with Gasteiger partial charge in [-0.05, 0) is 23.3 Å². The number of ketones is 2. The highest BCUT2D eigenvalue weighted by atomic mass is 16.2. The monoisotopic (exact) mass is 248 g/mol. The zero-order chi connectivity index (χ0) is 12.7. The third-order valence-electron chi connectivity index (χ3n) is 3.58. The lowest BCUT2D eigenvalue weighted by atomic mass is 9.81. The van der Waals surface area contributed by atoms with E-state index in [4.69, 9.17) is 5.73 Å². The summed E-state index contributed by atoms with van der Waals surface area (Å²) >= 11 is 0. The first-order valence-corrected chi connectivity index (χ1v) is 5.89. The number of carbonyl (C=O) groups excluding carboxylic acids is 2. The topological polar surface area (TPSA) is 116 Å². The summed E-state index contributed by atoms with van der Waals surface area (Å²) in [5.74, 6) is -0.845. The first-order valence-electron chi connectivity index (χ1n) is 5.89. The van der Waals surface area contributed by atoms with Crippen LogP contribution in [0.2, 0.25) is 0 Å². The first kappa shape index (κ1) is 11.0. The number of fused-ring (bicyclic) bond motifs is 1. The fourth-order valence-electron chi connectivity index (χ4n) is 2.69. The van der Waals surface area contributed by atoms with Crippen molar-refractivity contribution in [3.8, 4) is 0 Å². The smallest absolute Gasteiger partial charge is 0.263 e. The van der Waals surface area contributed by atoms with Crippen LogP contribution in [0.3, 0.4) is 0 Å². The number of tetrazole rings is 1. The maximum absolute atomic E-state index is 12.1. The Morgan fingerprint density at radius 3 is 2.28 bits per heavy atom. The van der Waals surface area contributed by atoms with Crippen molar-refractivity contribution in [3.63, 3.8) is 0 Å². The summed E-state index contributed by atoms with van der Waals surface area (Å²) in [5, 5.41) is 14.1. The molecule has 94 valence electrons. The van der Waals surface area contributed by atoms with Gasteiger partial charge in [-0.15, -0.1) is 5.10 Å². The summed E-state index contributed by atoms with van der Waals surface area (Å²) in [7, 11) is 0. The second kappa shape index (κ2) is 3.97. The van der Waals surface area contributed by atoms with Crippen LogP contribution < -0.4 is 5.73 Å². The van der Waals surface area contributed by atoms with Gasteiger partial charge in [0.2, 0.25) is 0 Å². The highest BCUT2D eigenvalue weighted by Crippen LogP contribution is 2.36. The maximum atomic E-state index is 12.1. The molecule has 18 heavy (non-hydrogen) atoms. The molecule has 1 aromatic heterocycles. The molecule has 0 aliphatic heterocycles. The van der Waals surface area contributed by atoms with Gasteiger partial charge in [0.05, 0.1) is 0 Å². The molecule has 0 aromatic carbocycles. The maximum Gasteiger partial charge on any atom is 0.263 e. The van der Waals surface area contributed by atoms with E-state index < -0.39 is 0 Å². The Kier molecular flexibility index (Phi) is 2.42. The van der Waals surface area contributed by atoms with E-state index in [0.717, 1.165) is 30.5 Å². The Hall–Kier alpha value is -2.12. The van der Waals surface area contributed by atoms with E-state index >= 15 is 0 Å². The number of nitrogens with zero attached hydrogens (tertiary/aromatic N) is 5. The summed E-state index contributed by atoms with van der Waals surface area (Å²) in [5.41, 5.74) is 5.39. The van der Waals surface area contributed by atoms with Crippen molar-refractivity contribution in [2.45, 2.75) is 25.7 Å². The van der Waals surface area contributed by atoms with E-state index in [1.54, 1.807) is 0 Å². The molecule has 2 unspecified atom stereocenters. The summed E-state index contributed by atoms with van der Waals surface area (Å²) in [6.07, 6.45) is 3.50. The lowest BCUT2D eigenvalue weighted by Gasteiger charge is -2.20. The second-order valence-electron chi connectivity index (χ2n) is 4.60. The minimum atomic E-state index is -0.206. The largest absolute Gasteiger partial charge is 0.365 e. The van der Waals surface area contributed by atoms with Crippen LogP contribution in [0.25, 0.3) is 0 Å². The summed E-state index contributed by atoms with van der Waals surface area (Å²) < 4.78 is 0. The van der Waals surface area contributed by atoms with Crippen LogP contribution in [0.4, 0.5) is 5.95 Å². The van der Waals surface area contributed by atoms with Crippen molar-refractivity contribution in [1.82, 2.24) is 20.3 Å². The van der Waals surface area contributed by atoms with Gasteiger partial charge in [-0.2, -0.15) is 0 Å². The number of hydrogen-bond acceptors (Lipinski definition) is 7. The zero-order valence-electron chi connectivity index (χ0n) is 9.61. The first-order chi connectivity index (χ1) is 8.68. The average Bonchev–Trinajstić information content (AvgIpc) is 2.89. The van der Waals surface area contributed by atoms with E-state index in [-0.39, 0.29) is 35.1 Å². The van der Waals surface area contributed by atoms with Crippen molar-refractivity contribution < 1.29 is 9.59 Å². The molecule has 1 aromatic rings. The zero-order valence-corrected chi connectivity index (χ0v) is 9.61. The van der Waals surface area contributed by atoms with Crippen LogP contribution in [-0.2, 0) is 9.59 Å². The molecule has 2 fully saturated rings. The van der Waals surface area contributed by atoms with Gasteiger partial charge in [0.1, 0.15) is 0 Å². The van der Waals surface area contributed by atoms with E-state index in [1.807, 2.05) is 0 Å². The minimum absolute atomic E-state index is 0.0435. The van der Waals surface area contributed by atoms with Crippen LogP contribution in [0.5, 0.6) is 0 Å². The Bertz CT molecular complexity index is 522. The van der Waals surface area contributed by atoms with Crippen molar-refractivity contribution in [1.29, 1.82) is 0 Å². The number of nitrogens with two attached hydrogens (primary N) is 1. The minimum Gasteiger partial charge on any atom is -0.365 e. The molecule has 0 amide bonds.